The molecule has 0 rings (SSSR count). The topological polar surface area (TPSA) is 0 Å². The fraction of sp³-hybridized carbons (Fsp3) is 0.455. The highest BCUT2D eigenvalue weighted by molar-refractivity contribution is 5.08. The number of hydrogen-bond acceptors (Lipinski definition) is 0. The van der Waals surface area contributed by atoms with Crippen LogP contribution in [0.2, 0.25) is 0 Å². The summed E-state index contributed by atoms with van der Waals surface area (Å²) in [6.07, 6.45) is 8.45. The average Bonchev–Trinajstić information content (AvgIpc) is 1.97. The second-order valence-corrected chi connectivity index (χ2v) is 3.06. The van der Waals surface area contributed by atoms with Crippen molar-refractivity contribution >= 4 is 0 Å². The van der Waals surface area contributed by atoms with Crippen LogP contribution in [0.25, 0.3) is 0 Å². The highest BCUT2D eigenvalue weighted by atomic mass is 13.9. The molecule has 0 aromatic heterocycles. The molecule has 0 aromatic rings. The predicted octanol–water partition coefficient (Wildman–Crippen LogP) is 3.87. The van der Waals surface area contributed by atoms with E-state index in [4.69, 9.17) is 0 Å². The van der Waals surface area contributed by atoms with Crippen LogP contribution < -0.4 is 0 Å². The van der Waals surface area contributed by atoms with E-state index in [9.17, 15) is 0 Å². The molecule has 0 aliphatic heterocycles. The Balaban J connectivity index is 3.76. The fourth-order valence-electron chi connectivity index (χ4n) is 0.733. The third-order valence-electron chi connectivity index (χ3n) is 1.47. The SMILES string of the molecule is C=CC/C=C(\C)CC=C(C)C. The summed E-state index contributed by atoms with van der Waals surface area (Å²) in [5, 5.41) is 0. The Bertz CT molecular complexity index is 166. The van der Waals surface area contributed by atoms with Gasteiger partial charge in [0.2, 0.25) is 0 Å². The van der Waals surface area contributed by atoms with E-state index in [2.05, 4.69) is 39.5 Å². The minimum atomic E-state index is 0.989. The number of hydrogen-bond donors (Lipinski definition) is 0. The van der Waals surface area contributed by atoms with Crippen LogP contribution in [0.15, 0.2) is 36.0 Å². The van der Waals surface area contributed by atoms with Crippen LogP contribution in [-0.2, 0) is 0 Å². The first-order valence-corrected chi connectivity index (χ1v) is 4.06. The first kappa shape index (κ1) is 10.2. The second kappa shape index (κ2) is 5.96. The maximum Gasteiger partial charge on any atom is -0.0139 e. The van der Waals surface area contributed by atoms with E-state index in [0.717, 1.165) is 12.8 Å². The summed E-state index contributed by atoms with van der Waals surface area (Å²) in [7, 11) is 0. The van der Waals surface area contributed by atoms with Crippen molar-refractivity contribution in [1.29, 1.82) is 0 Å². The molecule has 0 aliphatic rings. The van der Waals surface area contributed by atoms with Gasteiger partial charge in [-0.05, 0) is 33.6 Å². The Morgan fingerprint density at radius 1 is 1.18 bits per heavy atom. The van der Waals surface area contributed by atoms with Crippen molar-refractivity contribution in [3.05, 3.63) is 36.0 Å². The summed E-state index contributed by atoms with van der Waals surface area (Å²) < 4.78 is 0. The van der Waals surface area contributed by atoms with Crippen LogP contribution in [-0.4, -0.2) is 0 Å². The standard InChI is InChI=1S/C11H18/c1-5-6-7-11(4)9-8-10(2)3/h5,7-8H,1,6,9H2,2-4H3/b11-7+. The second-order valence-electron chi connectivity index (χ2n) is 3.06. The van der Waals surface area contributed by atoms with Crippen molar-refractivity contribution in [3.8, 4) is 0 Å². The van der Waals surface area contributed by atoms with Crippen molar-refractivity contribution in [2.24, 2.45) is 0 Å². The number of rotatable bonds is 4. The van der Waals surface area contributed by atoms with Crippen molar-refractivity contribution in [2.45, 2.75) is 33.6 Å². The molecule has 0 radical (unpaired) electrons. The molecule has 0 N–H and O–H groups in total. The smallest absolute Gasteiger partial charge is 0.0139 e. The van der Waals surface area contributed by atoms with Crippen molar-refractivity contribution in [3.63, 3.8) is 0 Å². The van der Waals surface area contributed by atoms with Gasteiger partial charge in [0, 0.05) is 0 Å². The molecule has 0 aliphatic carbocycles. The first-order valence-electron chi connectivity index (χ1n) is 4.06. The zero-order chi connectivity index (χ0) is 8.69. The molecule has 0 fully saturated rings. The van der Waals surface area contributed by atoms with Gasteiger partial charge >= 0.3 is 0 Å². The average molecular weight is 150 g/mol. The molecule has 0 heterocycles. The van der Waals surface area contributed by atoms with Crippen LogP contribution in [0, 0.1) is 0 Å². The van der Waals surface area contributed by atoms with E-state index >= 15 is 0 Å². The van der Waals surface area contributed by atoms with Gasteiger partial charge in [-0.2, -0.15) is 0 Å². The van der Waals surface area contributed by atoms with Crippen molar-refractivity contribution in [2.75, 3.05) is 0 Å². The van der Waals surface area contributed by atoms with E-state index in [1.165, 1.54) is 11.1 Å². The molecule has 62 valence electrons. The maximum absolute atomic E-state index is 3.67. The molecule has 0 saturated heterocycles. The Morgan fingerprint density at radius 3 is 2.27 bits per heavy atom. The molecular weight excluding hydrogens is 132 g/mol. The van der Waals surface area contributed by atoms with Crippen LogP contribution in [0.3, 0.4) is 0 Å². The molecule has 0 spiro atoms. The van der Waals surface area contributed by atoms with Gasteiger partial charge in [-0.25, -0.2) is 0 Å². The zero-order valence-corrected chi connectivity index (χ0v) is 7.85. The monoisotopic (exact) mass is 150 g/mol. The first-order chi connectivity index (χ1) is 5.16. The van der Waals surface area contributed by atoms with Gasteiger partial charge in [0.05, 0.1) is 0 Å². The van der Waals surface area contributed by atoms with E-state index in [1.807, 2.05) is 6.08 Å². The van der Waals surface area contributed by atoms with Gasteiger partial charge in [-0.3, -0.25) is 0 Å². The van der Waals surface area contributed by atoms with Crippen LogP contribution in [0.5, 0.6) is 0 Å². The Kier molecular flexibility index (Phi) is 5.54. The zero-order valence-electron chi connectivity index (χ0n) is 7.85. The molecule has 0 atom stereocenters. The fourth-order valence-corrected chi connectivity index (χ4v) is 0.733. The molecule has 11 heavy (non-hydrogen) atoms. The lowest BCUT2D eigenvalue weighted by atomic mass is 10.1. The Labute approximate surface area is 70.3 Å². The molecular formula is C11H18. The highest BCUT2D eigenvalue weighted by Gasteiger charge is 1.84. The molecule has 0 unspecified atom stereocenters. The minimum Gasteiger partial charge on any atom is -0.103 e. The maximum atomic E-state index is 3.67. The summed E-state index contributed by atoms with van der Waals surface area (Å²) in [6, 6.07) is 0. The van der Waals surface area contributed by atoms with Crippen molar-refractivity contribution < 1.29 is 0 Å². The lowest BCUT2D eigenvalue weighted by Crippen LogP contribution is -1.74. The quantitative estimate of drug-likeness (QED) is 0.534. The van der Waals surface area contributed by atoms with Gasteiger partial charge < -0.3 is 0 Å². The van der Waals surface area contributed by atoms with Crippen LogP contribution in [0.1, 0.15) is 33.6 Å². The van der Waals surface area contributed by atoms with E-state index in [-0.39, 0.29) is 0 Å². The van der Waals surface area contributed by atoms with Gasteiger partial charge in [0.15, 0.2) is 0 Å². The lowest BCUT2D eigenvalue weighted by Gasteiger charge is -1.94. The van der Waals surface area contributed by atoms with Gasteiger partial charge in [0.1, 0.15) is 0 Å². The number of allylic oxidation sites excluding steroid dienone is 5. The Morgan fingerprint density at radius 2 is 1.82 bits per heavy atom. The molecule has 0 amide bonds. The molecule has 0 saturated carbocycles. The third-order valence-corrected chi connectivity index (χ3v) is 1.47. The molecule has 0 heteroatoms. The molecule has 0 nitrogen and oxygen atoms in total. The predicted molar refractivity (Wildman–Crippen MR) is 52.6 cm³/mol. The van der Waals surface area contributed by atoms with Gasteiger partial charge in [-0.15, -0.1) is 6.58 Å². The van der Waals surface area contributed by atoms with Crippen molar-refractivity contribution in [1.82, 2.24) is 0 Å². The summed E-state index contributed by atoms with van der Waals surface area (Å²) in [4.78, 5) is 0. The van der Waals surface area contributed by atoms with E-state index < -0.39 is 0 Å². The van der Waals surface area contributed by atoms with Gasteiger partial charge in [0.25, 0.3) is 0 Å². The summed E-state index contributed by atoms with van der Waals surface area (Å²) in [5.74, 6) is 0. The normalized spacial score (nSPS) is 11.0. The molecule has 0 bridgehead atoms. The minimum absolute atomic E-state index is 0.989. The third kappa shape index (κ3) is 7.11. The summed E-state index contributed by atoms with van der Waals surface area (Å²) in [6.45, 7) is 10.1. The largest absolute Gasteiger partial charge is 0.103 e. The lowest BCUT2D eigenvalue weighted by molar-refractivity contribution is 1.14. The molecule has 0 aromatic carbocycles. The van der Waals surface area contributed by atoms with Crippen LogP contribution >= 0.6 is 0 Å². The Hall–Kier alpha value is -0.780. The summed E-state index contributed by atoms with van der Waals surface area (Å²) in [5.41, 5.74) is 2.81. The van der Waals surface area contributed by atoms with E-state index in [1.54, 1.807) is 0 Å². The summed E-state index contributed by atoms with van der Waals surface area (Å²) >= 11 is 0. The van der Waals surface area contributed by atoms with E-state index in [0.29, 0.717) is 0 Å². The van der Waals surface area contributed by atoms with Gasteiger partial charge in [-0.1, -0.05) is 29.4 Å². The highest BCUT2D eigenvalue weighted by Crippen LogP contribution is 2.04. The van der Waals surface area contributed by atoms with Crippen LogP contribution in [0.4, 0.5) is 0 Å².